The van der Waals surface area contributed by atoms with Crippen molar-refractivity contribution < 1.29 is 18.7 Å². The van der Waals surface area contributed by atoms with Crippen LogP contribution >= 0.6 is 0 Å². The van der Waals surface area contributed by atoms with Gasteiger partial charge >= 0.3 is 0 Å². The molecule has 2 fully saturated rings. The van der Waals surface area contributed by atoms with Crippen LogP contribution in [0, 0.1) is 23.5 Å². The first-order valence-electron chi connectivity index (χ1n) is 8.34. The van der Waals surface area contributed by atoms with Crippen LogP contribution in [0.1, 0.15) is 43.6 Å². The third kappa shape index (κ3) is 3.25. The van der Waals surface area contributed by atoms with Crippen molar-refractivity contribution in [1.29, 1.82) is 0 Å². The molecule has 5 heteroatoms. The molecule has 2 unspecified atom stereocenters. The second-order valence-corrected chi connectivity index (χ2v) is 6.90. The Morgan fingerprint density at radius 3 is 2.61 bits per heavy atom. The fourth-order valence-electron chi connectivity index (χ4n) is 3.77. The van der Waals surface area contributed by atoms with Gasteiger partial charge < -0.3 is 10.0 Å². The first-order chi connectivity index (χ1) is 11.0. The molecule has 2 aliphatic carbocycles. The number of nitrogens with zero attached hydrogens (tertiary/aromatic N) is 1. The molecule has 1 N–H and O–H groups in total. The maximum Gasteiger partial charge on any atom is 0.226 e. The predicted molar refractivity (Wildman–Crippen MR) is 82.8 cm³/mol. The van der Waals surface area contributed by atoms with Crippen molar-refractivity contribution in [3.63, 3.8) is 0 Å². The number of carbonyl (C=O) groups excluding carboxylic acids is 1. The van der Waals surface area contributed by atoms with Crippen molar-refractivity contribution in [2.45, 2.75) is 44.1 Å². The van der Waals surface area contributed by atoms with Gasteiger partial charge in [-0.2, -0.15) is 0 Å². The van der Waals surface area contributed by atoms with E-state index in [9.17, 15) is 18.7 Å². The lowest BCUT2D eigenvalue weighted by Gasteiger charge is -2.34. The van der Waals surface area contributed by atoms with Gasteiger partial charge in [0.2, 0.25) is 5.91 Å². The van der Waals surface area contributed by atoms with Crippen molar-refractivity contribution in [2.75, 3.05) is 13.7 Å². The molecule has 3 nitrogen and oxygen atoms in total. The first kappa shape index (κ1) is 16.4. The molecule has 0 aromatic heterocycles. The molecule has 23 heavy (non-hydrogen) atoms. The Morgan fingerprint density at radius 2 is 1.96 bits per heavy atom. The van der Waals surface area contributed by atoms with Gasteiger partial charge in [-0.3, -0.25) is 4.79 Å². The zero-order valence-electron chi connectivity index (χ0n) is 13.3. The monoisotopic (exact) mass is 323 g/mol. The molecule has 0 radical (unpaired) electrons. The standard InChI is InChI=1S/C18H23F2NO2/c1-21(12-7-5-11(10-22)6-8-12)18(23)15-9-14(15)13-3-2-4-16(19)17(13)20/h2-4,11-12,14-15,22H,5-10H2,1H3. The largest absolute Gasteiger partial charge is 0.396 e. The van der Waals surface area contributed by atoms with Crippen molar-refractivity contribution >= 4 is 5.91 Å². The van der Waals surface area contributed by atoms with Crippen molar-refractivity contribution in [2.24, 2.45) is 11.8 Å². The summed E-state index contributed by atoms with van der Waals surface area (Å²) in [6, 6.07) is 4.36. The second-order valence-electron chi connectivity index (χ2n) is 6.90. The first-order valence-corrected chi connectivity index (χ1v) is 8.34. The Morgan fingerprint density at radius 1 is 1.26 bits per heavy atom. The van der Waals surface area contributed by atoms with E-state index in [-0.39, 0.29) is 30.4 Å². The molecule has 1 aromatic rings. The topological polar surface area (TPSA) is 40.5 Å². The Kier molecular flexibility index (Phi) is 4.67. The van der Waals surface area contributed by atoms with E-state index in [4.69, 9.17) is 0 Å². The van der Waals surface area contributed by atoms with Crippen LogP contribution in [-0.4, -0.2) is 35.6 Å². The quantitative estimate of drug-likeness (QED) is 0.925. The molecule has 3 rings (SSSR count). The third-order valence-electron chi connectivity index (χ3n) is 5.46. The number of aliphatic hydroxyl groups excluding tert-OH is 1. The van der Waals surface area contributed by atoms with E-state index >= 15 is 0 Å². The zero-order valence-corrected chi connectivity index (χ0v) is 13.3. The van der Waals surface area contributed by atoms with E-state index in [1.165, 1.54) is 6.07 Å². The van der Waals surface area contributed by atoms with E-state index in [1.807, 2.05) is 7.05 Å². The van der Waals surface area contributed by atoms with E-state index in [2.05, 4.69) is 0 Å². The van der Waals surface area contributed by atoms with Crippen LogP contribution in [0.5, 0.6) is 0 Å². The van der Waals surface area contributed by atoms with Crippen LogP contribution < -0.4 is 0 Å². The highest BCUT2D eigenvalue weighted by atomic mass is 19.2. The van der Waals surface area contributed by atoms with Crippen molar-refractivity contribution in [3.8, 4) is 0 Å². The predicted octanol–water partition coefficient (Wildman–Crippen LogP) is 3.08. The lowest BCUT2D eigenvalue weighted by Crippen LogP contribution is -2.40. The van der Waals surface area contributed by atoms with E-state index in [0.29, 0.717) is 17.9 Å². The van der Waals surface area contributed by atoms with Gasteiger partial charge in [-0.15, -0.1) is 0 Å². The number of amides is 1. The van der Waals surface area contributed by atoms with Crippen LogP contribution in [0.2, 0.25) is 0 Å². The van der Waals surface area contributed by atoms with Crippen LogP contribution in [0.4, 0.5) is 8.78 Å². The van der Waals surface area contributed by atoms with Crippen LogP contribution in [0.25, 0.3) is 0 Å². The highest BCUT2D eigenvalue weighted by Gasteiger charge is 2.47. The summed E-state index contributed by atoms with van der Waals surface area (Å²) >= 11 is 0. The summed E-state index contributed by atoms with van der Waals surface area (Å²) in [5, 5.41) is 9.19. The Hall–Kier alpha value is -1.49. The summed E-state index contributed by atoms with van der Waals surface area (Å²) in [5.41, 5.74) is 0.320. The average molecular weight is 323 g/mol. The second kappa shape index (κ2) is 6.56. The van der Waals surface area contributed by atoms with Crippen molar-refractivity contribution in [1.82, 2.24) is 4.90 Å². The van der Waals surface area contributed by atoms with Gasteiger partial charge in [0.15, 0.2) is 11.6 Å². The molecule has 0 saturated heterocycles. The maximum atomic E-state index is 13.8. The van der Waals surface area contributed by atoms with E-state index < -0.39 is 11.6 Å². The number of aliphatic hydroxyl groups is 1. The van der Waals surface area contributed by atoms with E-state index in [1.54, 1.807) is 11.0 Å². The smallest absolute Gasteiger partial charge is 0.226 e. The molecule has 0 spiro atoms. The van der Waals surface area contributed by atoms with Crippen LogP contribution in [0.15, 0.2) is 18.2 Å². The number of hydrogen-bond donors (Lipinski definition) is 1. The molecular weight excluding hydrogens is 300 g/mol. The minimum Gasteiger partial charge on any atom is -0.396 e. The zero-order chi connectivity index (χ0) is 16.6. The van der Waals surface area contributed by atoms with Gasteiger partial charge in [0.05, 0.1) is 0 Å². The lowest BCUT2D eigenvalue weighted by molar-refractivity contribution is -0.134. The fraction of sp³-hybridized carbons (Fsp3) is 0.611. The molecule has 1 aromatic carbocycles. The molecule has 2 atom stereocenters. The summed E-state index contributed by atoms with van der Waals surface area (Å²) in [7, 11) is 1.81. The summed E-state index contributed by atoms with van der Waals surface area (Å²) in [6.07, 6.45) is 4.27. The van der Waals surface area contributed by atoms with Gasteiger partial charge in [0.25, 0.3) is 0 Å². The number of hydrogen-bond acceptors (Lipinski definition) is 2. The number of halogens is 2. The Bertz CT molecular complexity index is 584. The molecule has 2 aliphatic rings. The highest BCUT2D eigenvalue weighted by molar-refractivity contribution is 5.83. The van der Waals surface area contributed by atoms with Gasteiger partial charge in [0, 0.05) is 25.6 Å². The summed E-state index contributed by atoms with van der Waals surface area (Å²) in [4.78, 5) is 14.4. The van der Waals surface area contributed by atoms with Gasteiger partial charge in [0.1, 0.15) is 0 Å². The van der Waals surface area contributed by atoms with Crippen LogP contribution in [0.3, 0.4) is 0 Å². The molecule has 2 saturated carbocycles. The Balaban J connectivity index is 1.61. The molecular formula is C18H23F2NO2. The Labute approximate surface area is 135 Å². The molecule has 0 aliphatic heterocycles. The number of rotatable bonds is 4. The number of carbonyl (C=O) groups is 1. The third-order valence-corrected chi connectivity index (χ3v) is 5.46. The molecule has 0 heterocycles. The molecule has 126 valence electrons. The molecule has 0 bridgehead atoms. The summed E-state index contributed by atoms with van der Waals surface area (Å²) in [5.74, 6) is -1.72. The average Bonchev–Trinajstić information content (AvgIpc) is 3.36. The fourth-order valence-corrected chi connectivity index (χ4v) is 3.77. The minimum absolute atomic E-state index is 0.0334. The normalized spacial score (nSPS) is 30.1. The van der Waals surface area contributed by atoms with Gasteiger partial charge in [-0.1, -0.05) is 12.1 Å². The van der Waals surface area contributed by atoms with Gasteiger partial charge in [-0.25, -0.2) is 8.78 Å². The van der Waals surface area contributed by atoms with Crippen molar-refractivity contribution in [3.05, 3.63) is 35.4 Å². The number of benzene rings is 1. The minimum atomic E-state index is -0.851. The summed E-state index contributed by atoms with van der Waals surface area (Å²) < 4.78 is 27.2. The van der Waals surface area contributed by atoms with Crippen LogP contribution in [-0.2, 0) is 4.79 Å². The van der Waals surface area contributed by atoms with Gasteiger partial charge in [-0.05, 0) is 55.6 Å². The highest BCUT2D eigenvalue weighted by Crippen LogP contribution is 2.49. The summed E-state index contributed by atoms with van der Waals surface area (Å²) in [6.45, 7) is 0.216. The molecule has 1 amide bonds. The maximum absolute atomic E-state index is 13.8. The van der Waals surface area contributed by atoms with E-state index in [0.717, 1.165) is 31.7 Å². The lowest BCUT2D eigenvalue weighted by atomic mass is 9.86. The SMILES string of the molecule is CN(C(=O)C1CC1c1cccc(F)c1F)C1CCC(CO)CC1.